The fourth-order valence-corrected chi connectivity index (χ4v) is 3.32. The fraction of sp³-hybridized carbons (Fsp3) is 0.476. The van der Waals surface area contributed by atoms with Gasteiger partial charge in [-0.05, 0) is 24.0 Å². The number of aliphatic hydroxyl groups is 1. The lowest BCUT2D eigenvalue weighted by Gasteiger charge is -2.24. The average Bonchev–Trinajstić information content (AvgIpc) is 2.79. The van der Waals surface area contributed by atoms with Crippen molar-refractivity contribution in [3.8, 4) is 0 Å². The van der Waals surface area contributed by atoms with Crippen LogP contribution in [0.5, 0.6) is 0 Å². The Hall–Kier alpha value is -3.16. The van der Waals surface area contributed by atoms with Gasteiger partial charge in [0.05, 0.1) is 19.1 Å². The number of carboxylic acid groups (broad SMARTS) is 2. The summed E-state index contributed by atoms with van der Waals surface area (Å²) in [5, 5.41) is 34.3. The summed E-state index contributed by atoms with van der Waals surface area (Å²) in [6.45, 7) is -0.876. The lowest BCUT2D eigenvalue weighted by molar-refractivity contribution is -0.144. The molecule has 1 aromatic rings. The van der Waals surface area contributed by atoms with E-state index < -0.39 is 66.9 Å². The van der Waals surface area contributed by atoms with Gasteiger partial charge in [-0.3, -0.25) is 19.2 Å². The van der Waals surface area contributed by atoms with Gasteiger partial charge in [0.2, 0.25) is 17.7 Å². The third-order valence-electron chi connectivity index (χ3n) is 4.69. The Morgan fingerprint density at radius 1 is 0.912 bits per heavy atom. The maximum Gasteiger partial charge on any atom is 0.328 e. The number of carboxylic acids is 2. The second-order valence-corrected chi connectivity index (χ2v) is 8.37. The van der Waals surface area contributed by atoms with Crippen LogP contribution in [-0.4, -0.2) is 87.8 Å². The maximum absolute atomic E-state index is 12.9. The van der Waals surface area contributed by atoms with Crippen molar-refractivity contribution in [1.29, 1.82) is 0 Å². The molecule has 34 heavy (non-hydrogen) atoms. The summed E-state index contributed by atoms with van der Waals surface area (Å²) in [4.78, 5) is 60.4. The molecule has 0 aromatic heterocycles. The summed E-state index contributed by atoms with van der Waals surface area (Å²) in [5.41, 5.74) is 6.41. The topological polar surface area (TPSA) is 208 Å². The second-order valence-electron chi connectivity index (χ2n) is 7.38. The van der Waals surface area contributed by atoms with Crippen LogP contribution < -0.4 is 21.7 Å². The van der Waals surface area contributed by atoms with Gasteiger partial charge in [-0.1, -0.05) is 30.3 Å². The van der Waals surface area contributed by atoms with Gasteiger partial charge in [-0.2, -0.15) is 11.8 Å². The molecule has 8 N–H and O–H groups in total. The summed E-state index contributed by atoms with van der Waals surface area (Å²) in [7, 11) is 0. The number of hydrogen-bond acceptors (Lipinski definition) is 8. The molecule has 188 valence electrons. The van der Waals surface area contributed by atoms with Crippen LogP contribution in [0.15, 0.2) is 30.3 Å². The smallest absolute Gasteiger partial charge is 0.328 e. The SMILES string of the molecule is CSCCC(N)C(=O)NC(CC(=O)O)C(=O)NC(Cc1ccccc1)C(=O)NC(CO)C(=O)O. The van der Waals surface area contributed by atoms with E-state index in [0.29, 0.717) is 17.7 Å². The predicted molar refractivity (Wildman–Crippen MR) is 124 cm³/mol. The molecule has 0 radical (unpaired) electrons. The van der Waals surface area contributed by atoms with Crippen molar-refractivity contribution in [3.63, 3.8) is 0 Å². The highest BCUT2D eigenvalue weighted by Crippen LogP contribution is 2.06. The van der Waals surface area contributed by atoms with Gasteiger partial charge in [-0.25, -0.2) is 4.79 Å². The third kappa shape index (κ3) is 10.2. The van der Waals surface area contributed by atoms with Crippen molar-refractivity contribution in [2.75, 3.05) is 18.6 Å². The van der Waals surface area contributed by atoms with E-state index in [0.717, 1.165) is 0 Å². The van der Waals surface area contributed by atoms with Gasteiger partial charge in [0.1, 0.15) is 18.1 Å². The molecule has 0 aliphatic heterocycles. The minimum absolute atomic E-state index is 0.0584. The molecule has 12 nitrogen and oxygen atoms in total. The fourth-order valence-electron chi connectivity index (χ4n) is 2.83. The predicted octanol–water partition coefficient (Wildman–Crippen LogP) is -1.68. The molecular weight excluding hydrogens is 468 g/mol. The number of aliphatic hydroxyl groups excluding tert-OH is 1. The highest BCUT2D eigenvalue weighted by Gasteiger charge is 2.31. The van der Waals surface area contributed by atoms with E-state index in [1.165, 1.54) is 11.8 Å². The van der Waals surface area contributed by atoms with Gasteiger partial charge in [0, 0.05) is 6.42 Å². The van der Waals surface area contributed by atoms with Gasteiger partial charge in [0.15, 0.2) is 0 Å². The van der Waals surface area contributed by atoms with Crippen LogP contribution >= 0.6 is 11.8 Å². The molecule has 13 heteroatoms. The van der Waals surface area contributed by atoms with Crippen LogP contribution in [0.3, 0.4) is 0 Å². The summed E-state index contributed by atoms with van der Waals surface area (Å²) in [6, 6.07) is 3.08. The minimum Gasteiger partial charge on any atom is -0.481 e. The van der Waals surface area contributed by atoms with Crippen LogP contribution in [0.25, 0.3) is 0 Å². The zero-order chi connectivity index (χ0) is 25.7. The molecule has 0 bridgehead atoms. The second kappa shape index (κ2) is 14.9. The van der Waals surface area contributed by atoms with Crippen LogP contribution in [0, 0.1) is 0 Å². The van der Waals surface area contributed by atoms with E-state index in [4.69, 9.17) is 10.8 Å². The number of amides is 3. The van der Waals surface area contributed by atoms with E-state index in [9.17, 15) is 34.2 Å². The number of carbonyl (C=O) groups excluding carboxylic acids is 3. The summed E-state index contributed by atoms with van der Waals surface area (Å²) in [6.07, 6.45) is 1.32. The number of benzene rings is 1. The van der Waals surface area contributed by atoms with E-state index in [1.807, 2.05) is 6.26 Å². The minimum atomic E-state index is -1.60. The Kier molecular flexibility index (Phi) is 12.6. The van der Waals surface area contributed by atoms with E-state index in [2.05, 4.69) is 16.0 Å². The quantitative estimate of drug-likeness (QED) is 0.146. The molecule has 0 saturated heterocycles. The molecule has 3 amide bonds. The van der Waals surface area contributed by atoms with Crippen molar-refractivity contribution in [1.82, 2.24) is 16.0 Å². The Balaban J connectivity index is 3.05. The average molecular weight is 499 g/mol. The molecule has 4 atom stereocenters. The largest absolute Gasteiger partial charge is 0.481 e. The van der Waals surface area contributed by atoms with Crippen molar-refractivity contribution >= 4 is 41.4 Å². The Morgan fingerprint density at radius 3 is 2.00 bits per heavy atom. The van der Waals surface area contributed by atoms with Gasteiger partial charge < -0.3 is 37.0 Å². The van der Waals surface area contributed by atoms with E-state index >= 15 is 0 Å². The van der Waals surface area contributed by atoms with Crippen LogP contribution in [-0.2, 0) is 30.4 Å². The number of rotatable bonds is 15. The number of carbonyl (C=O) groups is 5. The van der Waals surface area contributed by atoms with E-state index in [-0.39, 0.29) is 6.42 Å². The van der Waals surface area contributed by atoms with Gasteiger partial charge in [-0.15, -0.1) is 0 Å². The molecule has 0 heterocycles. The molecule has 1 aromatic carbocycles. The van der Waals surface area contributed by atoms with Gasteiger partial charge in [0.25, 0.3) is 0 Å². The van der Waals surface area contributed by atoms with Crippen LogP contribution in [0.2, 0.25) is 0 Å². The van der Waals surface area contributed by atoms with Crippen molar-refractivity contribution in [2.24, 2.45) is 5.73 Å². The van der Waals surface area contributed by atoms with Crippen LogP contribution in [0.4, 0.5) is 0 Å². The highest BCUT2D eigenvalue weighted by atomic mass is 32.2. The molecule has 0 fully saturated rings. The Labute approximate surface area is 200 Å². The van der Waals surface area contributed by atoms with Crippen LogP contribution in [0.1, 0.15) is 18.4 Å². The lowest BCUT2D eigenvalue weighted by Crippen LogP contribution is -2.58. The molecule has 0 saturated carbocycles. The molecule has 1 rings (SSSR count). The maximum atomic E-state index is 12.9. The first kappa shape index (κ1) is 28.9. The standard InChI is InChI=1S/C21H30N4O8S/c1-34-8-7-13(22)18(29)23-15(10-17(27)28)20(31)24-14(9-12-5-3-2-4-6-12)19(30)25-16(11-26)21(32)33/h2-6,13-16,26H,7-11,22H2,1H3,(H,23,29)(H,24,31)(H,25,30)(H,27,28)(H,32,33). The van der Waals surface area contributed by atoms with Crippen molar-refractivity contribution in [2.45, 2.75) is 43.4 Å². The first-order valence-corrected chi connectivity index (χ1v) is 11.7. The zero-order valence-corrected chi connectivity index (χ0v) is 19.4. The number of aliphatic carboxylic acids is 2. The summed E-state index contributed by atoms with van der Waals surface area (Å²) >= 11 is 1.47. The number of hydrogen-bond donors (Lipinski definition) is 7. The first-order valence-electron chi connectivity index (χ1n) is 10.3. The molecular formula is C21H30N4O8S. The van der Waals surface area contributed by atoms with Crippen molar-refractivity contribution < 1.29 is 39.3 Å². The highest BCUT2D eigenvalue weighted by molar-refractivity contribution is 7.98. The molecule has 4 unspecified atom stereocenters. The number of nitrogens with one attached hydrogen (secondary N) is 3. The summed E-state index contributed by atoms with van der Waals surface area (Å²) < 4.78 is 0. The molecule has 0 spiro atoms. The number of thioether (sulfide) groups is 1. The van der Waals surface area contributed by atoms with E-state index in [1.54, 1.807) is 30.3 Å². The third-order valence-corrected chi connectivity index (χ3v) is 5.34. The Morgan fingerprint density at radius 2 is 1.47 bits per heavy atom. The normalized spacial score (nSPS) is 14.2. The number of nitrogens with two attached hydrogens (primary N) is 1. The van der Waals surface area contributed by atoms with Gasteiger partial charge >= 0.3 is 11.9 Å². The first-order chi connectivity index (χ1) is 16.1. The monoisotopic (exact) mass is 498 g/mol. The molecule has 0 aliphatic rings. The zero-order valence-electron chi connectivity index (χ0n) is 18.6. The summed E-state index contributed by atoms with van der Waals surface area (Å²) in [5.74, 6) is -4.84. The Bertz CT molecular complexity index is 854. The molecule has 0 aliphatic carbocycles. The lowest BCUT2D eigenvalue weighted by atomic mass is 10.0. The van der Waals surface area contributed by atoms with Crippen molar-refractivity contribution in [3.05, 3.63) is 35.9 Å².